The van der Waals surface area contributed by atoms with Crippen molar-refractivity contribution in [2.45, 2.75) is 13.8 Å². The summed E-state index contributed by atoms with van der Waals surface area (Å²) in [7, 11) is 0. The fourth-order valence-electron chi connectivity index (χ4n) is 0.804. The summed E-state index contributed by atoms with van der Waals surface area (Å²) in [5.41, 5.74) is 1.23. The van der Waals surface area contributed by atoms with Crippen LogP contribution in [0.4, 0.5) is 5.82 Å². The van der Waals surface area contributed by atoms with E-state index in [0.717, 1.165) is 5.56 Å². The average Bonchev–Trinajstić information content (AvgIpc) is 2.00. The first kappa shape index (κ1) is 8.45. The van der Waals surface area contributed by atoms with Crippen LogP contribution in [0, 0.1) is 24.0 Å². The van der Waals surface area contributed by atoms with Crippen molar-refractivity contribution in [3.63, 3.8) is 0 Å². The summed E-state index contributed by atoms with van der Waals surface area (Å²) in [6.45, 7) is 3.34. The number of aromatic hydroxyl groups is 1. The van der Waals surface area contributed by atoms with Crippen molar-refractivity contribution in [2.75, 3.05) is 0 Å². The van der Waals surface area contributed by atoms with Gasteiger partial charge in [0, 0.05) is 5.56 Å². The first-order chi connectivity index (χ1) is 5.54. The van der Waals surface area contributed by atoms with Gasteiger partial charge in [-0.2, -0.15) is 0 Å². The van der Waals surface area contributed by atoms with E-state index in [2.05, 4.69) is 4.98 Å². The monoisotopic (exact) mass is 168 g/mol. The number of aryl methyl sites for hydroxylation is 1. The number of hydrogen-bond acceptors (Lipinski definition) is 4. The van der Waals surface area contributed by atoms with Crippen LogP contribution in [0.25, 0.3) is 0 Å². The quantitative estimate of drug-likeness (QED) is 0.506. The van der Waals surface area contributed by atoms with Crippen LogP contribution >= 0.6 is 0 Å². The first-order valence-electron chi connectivity index (χ1n) is 3.33. The van der Waals surface area contributed by atoms with E-state index in [1.54, 1.807) is 13.8 Å². The van der Waals surface area contributed by atoms with E-state index in [1.807, 2.05) is 0 Å². The minimum atomic E-state index is -0.707. The van der Waals surface area contributed by atoms with Crippen LogP contribution in [0.1, 0.15) is 11.1 Å². The smallest absolute Gasteiger partial charge is 0.406 e. The van der Waals surface area contributed by atoms with Crippen LogP contribution in [0.15, 0.2) is 6.20 Å². The van der Waals surface area contributed by atoms with Crippen molar-refractivity contribution in [3.8, 4) is 5.75 Å². The lowest BCUT2D eigenvalue weighted by Gasteiger charge is -2.00. The van der Waals surface area contributed by atoms with E-state index in [-0.39, 0.29) is 5.75 Å². The van der Waals surface area contributed by atoms with Crippen LogP contribution in [0.3, 0.4) is 0 Å². The van der Waals surface area contributed by atoms with Crippen LogP contribution in [-0.2, 0) is 0 Å². The third-order valence-electron chi connectivity index (χ3n) is 1.71. The van der Waals surface area contributed by atoms with Gasteiger partial charge in [-0.1, -0.05) is 0 Å². The van der Waals surface area contributed by atoms with Crippen LogP contribution in [-0.4, -0.2) is 15.0 Å². The van der Waals surface area contributed by atoms with Gasteiger partial charge in [0.2, 0.25) is 5.75 Å². The van der Waals surface area contributed by atoms with E-state index in [9.17, 15) is 15.2 Å². The number of nitrogens with zero attached hydrogens (tertiary/aromatic N) is 2. The molecule has 0 saturated carbocycles. The summed E-state index contributed by atoms with van der Waals surface area (Å²) in [6.07, 6.45) is 1.37. The molecule has 0 fully saturated rings. The number of rotatable bonds is 1. The maximum atomic E-state index is 10.3. The minimum absolute atomic E-state index is 0.347. The van der Waals surface area contributed by atoms with Crippen LogP contribution < -0.4 is 0 Å². The summed E-state index contributed by atoms with van der Waals surface area (Å²) in [5.74, 6) is -0.835. The molecule has 0 aliphatic carbocycles. The van der Waals surface area contributed by atoms with Gasteiger partial charge in [0.1, 0.15) is 6.20 Å². The van der Waals surface area contributed by atoms with Crippen molar-refractivity contribution in [1.82, 2.24) is 4.98 Å². The van der Waals surface area contributed by atoms with Crippen molar-refractivity contribution >= 4 is 5.82 Å². The van der Waals surface area contributed by atoms with Crippen molar-refractivity contribution in [2.24, 2.45) is 0 Å². The number of aromatic nitrogens is 1. The van der Waals surface area contributed by atoms with Gasteiger partial charge in [-0.25, -0.2) is 0 Å². The summed E-state index contributed by atoms with van der Waals surface area (Å²) in [5, 5.41) is 19.5. The molecule has 5 heteroatoms. The first-order valence-corrected chi connectivity index (χ1v) is 3.33. The molecule has 0 radical (unpaired) electrons. The molecule has 64 valence electrons. The molecule has 0 bridgehead atoms. The molecule has 1 aromatic rings. The Kier molecular flexibility index (Phi) is 1.95. The molecule has 0 aromatic carbocycles. The normalized spacial score (nSPS) is 9.83. The van der Waals surface area contributed by atoms with Gasteiger partial charge in [0.15, 0.2) is 0 Å². The Hall–Kier alpha value is -1.65. The van der Waals surface area contributed by atoms with Crippen LogP contribution in [0.5, 0.6) is 5.75 Å². The number of pyridine rings is 1. The predicted octanol–water partition coefficient (Wildman–Crippen LogP) is 1.31. The van der Waals surface area contributed by atoms with E-state index < -0.39 is 10.7 Å². The highest BCUT2D eigenvalue weighted by atomic mass is 16.6. The second-order valence-corrected chi connectivity index (χ2v) is 2.50. The lowest BCUT2D eigenvalue weighted by molar-refractivity contribution is -0.390. The molecule has 0 saturated heterocycles. The van der Waals surface area contributed by atoms with Crippen molar-refractivity contribution in [1.29, 1.82) is 0 Å². The third kappa shape index (κ3) is 1.20. The second-order valence-electron chi connectivity index (χ2n) is 2.50. The molecule has 0 amide bonds. The summed E-state index contributed by atoms with van der Waals surface area (Å²) < 4.78 is 0. The van der Waals surface area contributed by atoms with E-state index in [0.29, 0.717) is 5.56 Å². The zero-order valence-corrected chi connectivity index (χ0v) is 6.74. The molecule has 1 heterocycles. The number of nitro groups is 1. The highest BCUT2D eigenvalue weighted by Gasteiger charge is 2.17. The van der Waals surface area contributed by atoms with Crippen molar-refractivity contribution < 1.29 is 10.0 Å². The molecular formula is C7H8N2O3. The molecule has 5 nitrogen and oxygen atoms in total. The Morgan fingerprint density at radius 3 is 2.67 bits per heavy atom. The Labute approximate surface area is 68.8 Å². The van der Waals surface area contributed by atoms with E-state index >= 15 is 0 Å². The molecule has 0 aliphatic rings. The largest absolute Gasteiger partial charge is 0.501 e. The summed E-state index contributed by atoms with van der Waals surface area (Å²) in [4.78, 5) is 13.1. The molecule has 0 atom stereocenters. The van der Waals surface area contributed by atoms with Gasteiger partial charge in [-0.3, -0.25) is 0 Å². The predicted molar refractivity (Wildman–Crippen MR) is 42.0 cm³/mol. The van der Waals surface area contributed by atoms with Gasteiger partial charge in [-0.15, -0.1) is 0 Å². The third-order valence-corrected chi connectivity index (χ3v) is 1.71. The molecule has 0 aliphatic heterocycles. The second kappa shape index (κ2) is 2.77. The average molecular weight is 168 g/mol. The topological polar surface area (TPSA) is 76.3 Å². The molecule has 0 spiro atoms. The zero-order chi connectivity index (χ0) is 9.30. The highest BCUT2D eigenvalue weighted by Crippen LogP contribution is 2.27. The Morgan fingerprint density at radius 2 is 2.17 bits per heavy atom. The fraction of sp³-hybridized carbons (Fsp3) is 0.286. The lowest BCUT2D eigenvalue weighted by atomic mass is 10.1. The molecule has 12 heavy (non-hydrogen) atoms. The Bertz CT molecular complexity index is 336. The van der Waals surface area contributed by atoms with Gasteiger partial charge < -0.3 is 15.2 Å². The Balaban J connectivity index is 3.36. The van der Waals surface area contributed by atoms with Gasteiger partial charge in [0.05, 0.1) is 0 Å². The maximum Gasteiger partial charge on any atom is 0.406 e. The van der Waals surface area contributed by atoms with Gasteiger partial charge >= 0.3 is 5.82 Å². The van der Waals surface area contributed by atoms with Crippen LogP contribution in [0.2, 0.25) is 0 Å². The highest BCUT2D eigenvalue weighted by molar-refractivity contribution is 5.47. The molecule has 0 unspecified atom stereocenters. The van der Waals surface area contributed by atoms with E-state index in [4.69, 9.17) is 0 Å². The summed E-state index contributed by atoms with van der Waals surface area (Å²) >= 11 is 0. The lowest BCUT2D eigenvalue weighted by Crippen LogP contribution is -1.95. The van der Waals surface area contributed by atoms with Gasteiger partial charge in [0.25, 0.3) is 0 Å². The summed E-state index contributed by atoms with van der Waals surface area (Å²) in [6, 6.07) is 0. The standard InChI is InChI=1S/C7H8N2O3/c1-4-3-8-7(9(11)12)6(10)5(4)2/h3,10H,1-2H3. The van der Waals surface area contributed by atoms with Gasteiger partial charge in [-0.05, 0) is 29.3 Å². The molecular weight excluding hydrogens is 160 g/mol. The maximum absolute atomic E-state index is 10.3. The molecule has 1 N–H and O–H groups in total. The molecule has 1 rings (SSSR count). The fourth-order valence-corrected chi connectivity index (χ4v) is 0.804. The zero-order valence-electron chi connectivity index (χ0n) is 6.74. The SMILES string of the molecule is Cc1cnc([N+](=O)[O-])c(O)c1C. The Morgan fingerprint density at radius 1 is 1.58 bits per heavy atom. The number of hydrogen-bond donors (Lipinski definition) is 1. The molecule has 1 aromatic heterocycles. The van der Waals surface area contributed by atoms with Crippen molar-refractivity contribution in [3.05, 3.63) is 27.4 Å². The van der Waals surface area contributed by atoms with E-state index in [1.165, 1.54) is 6.20 Å². The minimum Gasteiger partial charge on any atom is -0.501 e.